The maximum Gasteiger partial charge on any atom is 0.307 e. The van der Waals surface area contributed by atoms with Crippen LogP contribution in [0.4, 0.5) is 0 Å². The summed E-state index contributed by atoms with van der Waals surface area (Å²) in [6, 6.07) is 21.2. The molecular formula is C28H20Br2Cl4O5. The highest BCUT2D eigenvalue weighted by Crippen LogP contribution is 2.27. The lowest BCUT2D eigenvalue weighted by atomic mass is 10.0. The fourth-order valence-corrected chi connectivity index (χ4v) is 4.52. The summed E-state index contributed by atoms with van der Waals surface area (Å²) in [6.45, 7) is 0. The largest absolute Gasteiger partial charge is 0.508 e. The maximum absolute atomic E-state index is 12.1. The van der Waals surface area contributed by atoms with Gasteiger partial charge in [0.15, 0.2) is 5.78 Å². The van der Waals surface area contributed by atoms with E-state index in [0.717, 1.165) is 14.5 Å². The number of carbonyl (C=O) groups excluding carboxylic acids is 1. The Kier molecular flexibility index (Phi) is 13.6. The minimum absolute atomic E-state index is 0.0128. The molecule has 11 heteroatoms. The van der Waals surface area contributed by atoms with E-state index in [1.165, 1.54) is 18.2 Å². The summed E-state index contributed by atoms with van der Waals surface area (Å²) in [5.74, 6) is -0.969. The van der Waals surface area contributed by atoms with Gasteiger partial charge in [-0.1, -0.05) is 84.3 Å². The molecule has 3 N–H and O–H groups in total. The second-order valence-electron chi connectivity index (χ2n) is 7.78. The molecule has 0 saturated carbocycles. The van der Waals surface area contributed by atoms with Crippen LogP contribution in [0.15, 0.2) is 87.8 Å². The highest BCUT2D eigenvalue weighted by atomic mass is 79.9. The molecule has 204 valence electrons. The number of carboxylic acid groups (broad SMARTS) is 1. The van der Waals surface area contributed by atoms with Gasteiger partial charge in [-0.3, -0.25) is 9.59 Å². The van der Waals surface area contributed by atoms with Gasteiger partial charge in [0, 0.05) is 35.5 Å². The number of benzene rings is 4. The molecule has 4 aromatic carbocycles. The lowest BCUT2D eigenvalue weighted by Gasteiger charge is -2.06. The second kappa shape index (κ2) is 16.1. The first-order valence-corrected chi connectivity index (χ1v) is 14.0. The quantitative estimate of drug-likeness (QED) is 0.177. The van der Waals surface area contributed by atoms with E-state index >= 15 is 0 Å². The summed E-state index contributed by atoms with van der Waals surface area (Å²) in [7, 11) is 0. The fourth-order valence-electron chi connectivity index (χ4n) is 3.01. The van der Waals surface area contributed by atoms with Gasteiger partial charge in [-0.05, 0) is 83.9 Å². The Balaban J connectivity index is 0.000000227. The summed E-state index contributed by atoms with van der Waals surface area (Å²) in [6.07, 6.45) is 0.136. The van der Waals surface area contributed by atoms with Gasteiger partial charge in [0.2, 0.25) is 0 Å². The first kappa shape index (κ1) is 32.9. The third-order valence-electron chi connectivity index (χ3n) is 4.78. The number of Topliss-reactive ketones (excluding diaryl/α,β-unsaturated/α-hetero) is 1. The van der Waals surface area contributed by atoms with Gasteiger partial charge in [-0.25, -0.2) is 0 Å². The number of carboxylic acids is 1. The van der Waals surface area contributed by atoms with E-state index < -0.39 is 5.97 Å². The molecular weight excluding hydrogens is 718 g/mol. The predicted octanol–water partition coefficient (Wildman–Crippen LogP) is 9.66. The van der Waals surface area contributed by atoms with E-state index in [1.807, 2.05) is 0 Å². The summed E-state index contributed by atoms with van der Waals surface area (Å²) in [4.78, 5) is 22.5. The third-order valence-corrected chi connectivity index (χ3v) is 7.26. The number of phenolic OH excluding ortho intramolecular Hbond substituents is 2. The molecule has 0 aromatic heterocycles. The molecule has 0 spiro atoms. The summed E-state index contributed by atoms with van der Waals surface area (Å²) >= 11 is 29.4. The third kappa shape index (κ3) is 11.8. The molecule has 0 fully saturated rings. The van der Waals surface area contributed by atoms with Gasteiger partial charge in [0.25, 0.3) is 0 Å². The molecule has 0 radical (unpaired) electrons. The number of halogens is 6. The zero-order chi connectivity index (χ0) is 29.1. The topological polar surface area (TPSA) is 94.8 Å². The lowest BCUT2D eigenvalue weighted by molar-refractivity contribution is -0.136. The van der Waals surface area contributed by atoms with Crippen LogP contribution >= 0.6 is 78.3 Å². The molecule has 0 bridgehead atoms. The number of hydrogen-bond donors (Lipinski definition) is 3. The van der Waals surface area contributed by atoms with Gasteiger partial charge in [0.05, 0.1) is 12.0 Å². The Morgan fingerprint density at radius 2 is 1.13 bits per heavy atom. The van der Waals surface area contributed by atoms with Crippen molar-refractivity contribution in [2.24, 2.45) is 0 Å². The van der Waals surface area contributed by atoms with E-state index in [1.54, 1.807) is 60.7 Å². The average molecular weight is 738 g/mol. The van der Waals surface area contributed by atoms with Crippen LogP contribution < -0.4 is 0 Å². The molecule has 0 unspecified atom stereocenters. The van der Waals surface area contributed by atoms with Crippen molar-refractivity contribution in [2.45, 2.75) is 12.8 Å². The molecule has 4 rings (SSSR count). The zero-order valence-corrected chi connectivity index (χ0v) is 26.0. The average Bonchev–Trinajstić information content (AvgIpc) is 2.84. The van der Waals surface area contributed by atoms with Crippen LogP contribution in [0.25, 0.3) is 0 Å². The first-order valence-electron chi connectivity index (χ1n) is 10.9. The lowest BCUT2D eigenvalue weighted by Crippen LogP contribution is -2.04. The van der Waals surface area contributed by atoms with E-state index in [2.05, 4.69) is 31.9 Å². The number of aromatic hydroxyl groups is 2. The second-order valence-corrected chi connectivity index (χ2v) is 11.2. The maximum atomic E-state index is 12.1. The molecule has 5 nitrogen and oxygen atoms in total. The Bertz CT molecular complexity index is 1450. The molecule has 0 saturated heterocycles. The predicted molar refractivity (Wildman–Crippen MR) is 164 cm³/mol. The Morgan fingerprint density at radius 1 is 0.641 bits per heavy atom. The monoisotopic (exact) mass is 734 g/mol. The van der Waals surface area contributed by atoms with Gasteiger partial charge < -0.3 is 15.3 Å². The normalized spacial score (nSPS) is 10.0. The van der Waals surface area contributed by atoms with E-state index in [4.69, 9.17) is 56.6 Å². The summed E-state index contributed by atoms with van der Waals surface area (Å²) in [5.41, 5.74) is 1.71. The van der Waals surface area contributed by atoms with Crippen molar-refractivity contribution < 1.29 is 24.9 Å². The van der Waals surface area contributed by atoms with Gasteiger partial charge in [-0.15, -0.1) is 0 Å². The van der Waals surface area contributed by atoms with Crippen molar-refractivity contribution in [3.05, 3.63) is 125 Å². The number of aliphatic carboxylic acids is 1. The van der Waals surface area contributed by atoms with Crippen molar-refractivity contribution in [3.63, 3.8) is 0 Å². The SMILES string of the molecule is O=C(Cc1cc(Cl)ccc1Br)c1ccc(Cl)cc1O.O=C(O)Cc1cc(Cl)ccc1Br.Oc1cccc(Cl)c1. The smallest absolute Gasteiger partial charge is 0.307 e. The standard InChI is InChI=1S/C14H9BrCl2O2.C8H6BrClO2.C6H5ClO/c15-12-4-2-9(16)5-8(12)6-13(18)11-3-1-10(17)7-14(11)19;9-7-2-1-6(10)3-5(7)4-8(11)12;7-5-2-1-3-6(8)4-5/h1-5,7,19H,6H2;1-3H,4H2,(H,11,12);1-4,8H. The van der Waals surface area contributed by atoms with Crippen LogP contribution in [0.2, 0.25) is 20.1 Å². The van der Waals surface area contributed by atoms with Crippen molar-refractivity contribution in [3.8, 4) is 11.5 Å². The number of hydrogen-bond acceptors (Lipinski definition) is 4. The molecule has 0 amide bonds. The molecule has 0 atom stereocenters. The summed E-state index contributed by atoms with van der Waals surface area (Å²) < 4.78 is 1.58. The molecule has 0 aliphatic rings. The van der Waals surface area contributed by atoms with Crippen LogP contribution in [-0.4, -0.2) is 27.1 Å². The summed E-state index contributed by atoms with van der Waals surface area (Å²) in [5, 5.41) is 29.0. The van der Waals surface area contributed by atoms with Crippen LogP contribution in [0.5, 0.6) is 11.5 Å². The Morgan fingerprint density at radius 3 is 1.59 bits per heavy atom. The van der Waals surface area contributed by atoms with Crippen LogP contribution in [0, 0.1) is 0 Å². The first-order chi connectivity index (χ1) is 18.3. The Labute approximate surface area is 262 Å². The van der Waals surface area contributed by atoms with E-state index in [-0.39, 0.29) is 35.7 Å². The van der Waals surface area contributed by atoms with Gasteiger partial charge >= 0.3 is 5.97 Å². The van der Waals surface area contributed by atoms with Gasteiger partial charge in [0.1, 0.15) is 11.5 Å². The van der Waals surface area contributed by atoms with E-state index in [0.29, 0.717) is 25.7 Å². The molecule has 39 heavy (non-hydrogen) atoms. The number of carbonyl (C=O) groups is 2. The van der Waals surface area contributed by atoms with Crippen LogP contribution in [-0.2, 0) is 17.6 Å². The molecule has 0 heterocycles. The van der Waals surface area contributed by atoms with E-state index in [9.17, 15) is 14.7 Å². The molecule has 0 aliphatic carbocycles. The fraction of sp³-hybridized carbons (Fsp3) is 0.0714. The minimum Gasteiger partial charge on any atom is -0.508 e. The Hall–Kier alpha value is -2.26. The van der Waals surface area contributed by atoms with Crippen molar-refractivity contribution >= 4 is 90.0 Å². The van der Waals surface area contributed by atoms with Gasteiger partial charge in [-0.2, -0.15) is 0 Å². The number of rotatable bonds is 5. The number of phenols is 2. The highest BCUT2D eigenvalue weighted by molar-refractivity contribution is 9.10. The molecule has 4 aromatic rings. The number of ketones is 1. The minimum atomic E-state index is -0.863. The molecule has 0 aliphatic heterocycles. The van der Waals surface area contributed by atoms with Crippen molar-refractivity contribution in [2.75, 3.05) is 0 Å². The highest BCUT2D eigenvalue weighted by Gasteiger charge is 2.14. The van der Waals surface area contributed by atoms with Crippen molar-refractivity contribution in [1.82, 2.24) is 0 Å². The van der Waals surface area contributed by atoms with Crippen LogP contribution in [0.3, 0.4) is 0 Å². The van der Waals surface area contributed by atoms with Crippen LogP contribution in [0.1, 0.15) is 21.5 Å². The van der Waals surface area contributed by atoms with Crippen molar-refractivity contribution in [1.29, 1.82) is 0 Å². The zero-order valence-electron chi connectivity index (χ0n) is 19.8.